The summed E-state index contributed by atoms with van der Waals surface area (Å²) in [6, 6.07) is 11.5. The molecule has 2 aliphatic rings. The molecule has 31 heavy (non-hydrogen) atoms. The van der Waals surface area contributed by atoms with Gasteiger partial charge in [0.1, 0.15) is 0 Å². The molecule has 0 saturated carbocycles. The van der Waals surface area contributed by atoms with Gasteiger partial charge in [0.15, 0.2) is 23.0 Å². The molecule has 1 N–H and O–H groups in total. The van der Waals surface area contributed by atoms with E-state index in [1.165, 1.54) is 0 Å². The highest BCUT2D eigenvalue weighted by Gasteiger charge is 2.24. The van der Waals surface area contributed by atoms with Crippen LogP contribution in [0.15, 0.2) is 36.4 Å². The van der Waals surface area contributed by atoms with E-state index in [1.54, 1.807) is 4.90 Å². The number of ether oxygens (including phenoxy) is 4. The van der Waals surface area contributed by atoms with Crippen molar-refractivity contribution in [3.8, 4) is 23.0 Å². The van der Waals surface area contributed by atoms with Crippen LogP contribution in [-0.4, -0.2) is 37.5 Å². The summed E-state index contributed by atoms with van der Waals surface area (Å²) >= 11 is 0. The van der Waals surface area contributed by atoms with Gasteiger partial charge in [-0.15, -0.1) is 0 Å². The lowest BCUT2D eigenvalue weighted by atomic mass is 9.95. The quantitative estimate of drug-likeness (QED) is 0.736. The monoisotopic (exact) mass is 426 g/mol. The number of benzene rings is 2. The molecule has 0 aromatic heterocycles. The van der Waals surface area contributed by atoms with Crippen LogP contribution in [0.25, 0.3) is 0 Å². The van der Waals surface area contributed by atoms with Gasteiger partial charge in [-0.1, -0.05) is 26.0 Å². The van der Waals surface area contributed by atoms with Crippen LogP contribution < -0.4 is 24.3 Å². The molecule has 0 saturated heterocycles. The van der Waals surface area contributed by atoms with E-state index in [0.717, 1.165) is 40.5 Å². The van der Waals surface area contributed by atoms with Crippen molar-refractivity contribution in [2.75, 3.05) is 26.6 Å². The number of hydrogen-bond donors (Lipinski definition) is 1. The number of carbonyl (C=O) groups is 1. The second-order valence-corrected chi connectivity index (χ2v) is 8.13. The van der Waals surface area contributed by atoms with Gasteiger partial charge in [-0.05, 0) is 48.2 Å². The van der Waals surface area contributed by atoms with Gasteiger partial charge in [0.2, 0.25) is 6.79 Å². The molecule has 0 aliphatic carbocycles. The normalized spacial score (nSPS) is 15.4. The molecule has 0 radical (unpaired) electrons. The molecule has 1 atom stereocenters. The molecule has 2 amide bonds. The minimum Gasteiger partial charge on any atom is -0.490 e. The highest BCUT2D eigenvalue weighted by molar-refractivity contribution is 5.75. The maximum atomic E-state index is 13.1. The van der Waals surface area contributed by atoms with Crippen molar-refractivity contribution >= 4 is 6.03 Å². The van der Waals surface area contributed by atoms with Crippen LogP contribution in [0.1, 0.15) is 44.4 Å². The van der Waals surface area contributed by atoms with E-state index in [2.05, 4.69) is 19.2 Å². The number of amides is 2. The predicted octanol–water partition coefficient (Wildman–Crippen LogP) is 4.51. The first-order valence-electron chi connectivity index (χ1n) is 10.9. The molecular weight excluding hydrogens is 396 g/mol. The van der Waals surface area contributed by atoms with Gasteiger partial charge in [-0.3, -0.25) is 0 Å². The summed E-state index contributed by atoms with van der Waals surface area (Å²) in [6.07, 6.45) is 0.861. The smallest absolute Gasteiger partial charge is 0.318 e. The predicted molar refractivity (Wildman–Crippen MR) is 117 cm³/mol. The van der Waals surface area contributed by atoms with Crippen LogP contribution in [0.5, 0.6) is 23.0 Å². The number of carbonyl (C=O) groups excluding carboxylic acids is 1. The SMILES string of the molecule is CCN(Cc1ccc2c(c1)OCO2)C(=O)NC(c1ccc2c(c1)OCCCO2)C(C)C. The van der Waals surface area contributed by atoms with E-state index in [1.807, 2.05) is 43.3 Å². The maximum Gasteiger partial charge on any atom is 0.318 e. The minimum absolute atomic E-state index is 0.106. The molecule has 7 heteroatoms. The Morgan fingerprint density at radius 2 is 1.65 bits per heavy atom. The Morgan fingerprint density at radius 1 is 0.968 bits per heavy atom. The van der Waals surface area contributed by atoms with Gasteiger partial charge in [-0.25, -0.2) is 4.79 Å². The Morgan fingerprint density at radius 3 is 2.42 bits per heavy atom. The van der Waals surface area contributed by atoms with E-state index in [4.69, 9.17) is 18.9 Å². The number of hydrogen-bond acceptors (Lipinski definition) is 5. The van der Waals surface area contributed by atoms with Crippen molar-refractivity contribution in [2.24, 2.45) is 5.92 Å². The van der Waals surface area contributed by atoms with E-state index >= 15 is 0 Å². The van der Waals surface area contributed by atoms with Crippen LogP contribution in [0.2, 0.25) is 0 Å². The maximum absolute atomic E-state index is 13.1. The van der Waals surface area contributed by atoms with Gasteiger partial charge in [0.05, 0.1) is 19.3 Å². The van der Waals surface area contributed by atoms with Crippen LogP contribution in [0.4, 0.5) is 4.79 Å². The van der Waals surface area contributed by atoms with Crippen molar-refractivity contribution < 1.29 is 23.7 Å². The third-order valence-corrected chi connectivity index (χ3v) is 5.56. The molecule has 2 aliphatic heterocycles. The van der Waals surface area contributed by atoms with Crippen molar-refractivity contribution in [1.82, 2.24) is 10.2 Å². The van der Waals surface area contributed by atoms with Gasteiger partial charge >= 0.3 is 6.03 Å². The number of fused-ring (bicyclic) bond motifs is 2. The van der Waals surface area contributed by atoms with Crippen molar-refractivity contribution in [3.05, 3.63) is 47.5 Å². The summed E-state index contributed by atoms with van der Waals surface area (Å²) in [5, 5.41) is 3.21. The number of nitrogens with zero attached hydrogens (tertiary/aromatic N) is 1. The zero-order valence-electron chi connectivity index (χ0n) is 18.3. The first-order chi connectivity index (χ1) is 15.0. The molecule has 2 heterocycles. The topological polar surface area (TPSA) is 69.3 Å². The standard InChI is InChI=1S/C24H30N2O5/c1-4-26(14-17-6-8-20-21(12-17)31-15-30-20)24(27)25-23(16(2)3)18-7-9-19-22(13-18)29-11-5-10-28-19/h6-9,12-13,16,23H,4-5,10-11,14-15H2,1-3H3,(H,25,27). The van der Waals surface area contributed by atoms with E-state index in [9.17, 15) is 4.79 Å². The number of rotatable bonds is 6. The molecule has 1 unspecified atom stereocenters. The Labute approximate surface area is 183 Å². The fourth-order valence-corrected chi connectivity index (χ4v) is 3.82. The summed E-state index contributed by atoms with van der Waals surface area (Å²) in [7, 11) is 0. The molecule has 0 fully saturated rings. The molecule has 0 bridgehead atoms. The third kappa shape index (κ3) is 4.81. The summed E-state index contributed by atoms with van der Waals surface area (Å²) in [4.78, 5) is 14.9. The van der Waals surface area contributed by atoms with E-state index in [-0.39, 0.29) is 24.8 Å². The van der Waals surface area contributed by atoms with Crippen molar-refractivity contribution in [1.29, 1.82) is 0 Å². The fourth-order valence-electron chi connectivity index (χ4n) is 3.82. The molecule has 2 aromatic carbocycles. The first kappa shape index (κ1) is 21.2. The summed E-state index contributed by atoms with van der Waals surface area (Å²) in [5.74, 6) is 3.17. The zero-order valence-corrected chi connectivity index (χ0v) is 18.3. The largest absolute Gasteiger partial charge is 0.490 e. The lowest BCUT2D eigenvalue weighted by Crippen LogP contribution is -2.42. The summed E-state index contributed by atoms with van der Waals surface area (Å²) in [5.41, 5.74) is 2.00. The number of nitrogens with one attached hydrogen (secondary N) is 1. The Balaban J connectivity index is 1.48. The van der Waals surface area contributed by atoms with Crippen LogP contribution in [0.3, 0.4) is 0 Å². The highest BCUT2D eigenvalue weighted by atomic mass is 16.7. The summed E-state index contributed by atoms with van der Waals surface area (Å²) < 4.78 is 22.4. The molecule has 166 valence electrons. The van der Waals surface area contributed by atoms with Crippen LogP contribution >= 0.6 is 0 Å². The average molecular weight is 427 g/mol. The van der Waals surface area contributed by atoms with Gasteiger partial charge < -0.3 is 29.2 Å². The molecule has 7 nitrogen and oxygen atoms in total. The van der Waals surface area contributed by atoms with E-state index < -0.39 is 0 Å². The van der Waals surface area contributed by atoms with Crippen molar-refractivity contribution in [3.63, 3.8) is 0 Å². The van der Waals surface area contributed by atoms with Gasteiger partial charge in [0, 0.05) is 19.5 Å². The second-order valence-electron chi connectivity index (χ2n) is 8.13. The molecule has 4 rings (SSSR count). The first-order valence-corrected chi connectivity index (χ1v) is 10.9. The Hall–Kier alpha value is -3.09. The molecular formula is C24H30N2O5. The highest BCUT2D eigenvalue weighted by Crippen LogP contribution is 2.35. The molecule has 2 aromatic rings. The summed E-state index contributed by atoms with van der Waals surface area (Å²) in [6.45, 7) is 8.78. The lowest BCUT2D eigenvalue weighted by Gasteiger charge is -2.28. The number of urea groups is 1. The minimum atomic E-state index is -0.143. The lowest BCUT2D eigenvalue weighted by molar-refractivity contribution is 0.173. The van der Waals surface area contributed by atoms with Crippen LogP contribution in [-0.2, 0) is 6.54 Å². The van der Waals surface area contributed by atoms with Crippen LogP contribution in [0, 0.1) is 5.92 Å². The van der Waals surface area contributed by atoms with Gasteiger partial charge in [-0.2, -0.15) is 0 Å². The van der Waals surface area contributed by atoms with Gasteiger partial charge in [0.25, 0.3) is 0 Å². The van der Waals surface area contributed by atoms with E-state index in [0.29, 0.717) is 26.3 Å². The zero-order chi connectivity index (χ0) is 21.8. The van der Waals surface area contributed by atoms with Crippen molar-refractivity contribution in [2.45, 2.75) is 39.8 Å². The average Bonchev–Trinajstić information content (AvgIpc) is 3.11. The molecule has 0 spiro atoms. The second kappa shape index (κ2) is 9.37. The third-order valence-electron chi connectivity index (χ3n) is 5.56. The Bertz CT molecular complexity index is 930. The Kier molecular flexibility index (Phi) is 6.39. The fraction of sp³-hybridized carbons (Fsp3) is 0.458.